The normalized spacial score (nSPS) is 23.4. The number of anilines is 1. The Morgan fingerprint density at radius 3 is 2.33 bits per heavy atom. The molecule has 0 aromatic heterocycles. The number of esters is 1. The van der Waals surface area contributed by atoms with Crippen molar-refractivity contribution in [2.45, 2.75) is 12.0 Å². The Morgan fingerprint density at radius 2 is 1.64 bits per heavy atom. The summed E-state index contributed by atoms with van der Waals surface area (Å²) in [5, 5.41) is 24.2. The molecule has 2 aliphatic heterocycles. The molecule has 0 amide bonds. The van der Waals surface area contributed by atoms with Crippen molar-refractivity contribution in [3.05, 3.63) is 65.2 Å². The van der Waals surface area contributed by atoms with Gasteiger partial charge in [-0.2, -0.15) is 0 Å². The highest BCUT2D eigenvalue weighted by atomic mass is 16.7. The molecule has 1 aliphatic carbocycles. The van der Waals surface area contributed by atoms with Crippen molar-refractivity contribution < 1.29 is 38.7 Å². The molecule has 0 spiro atoms. The van der Waals surface area contributed by atoms with E-state index in [1.54, 1.807) is 13.2 Å². The van der Waals surface area contributed by atoms with Gasteiger partial charge in [0, 0.05) is 17.5 Å². The van der Waals surface area contributed by atoms with Gasteiger partial charge in [-0.05, 0) is 65.2 Å². The number of phenolic OH excluding ortho intramolecular Hbond substituents is 2. The highest BCUT2D eigenvalue weighted by molar-refractivity contribution is 5.79. The van der Waals surface area contributed by atoms with Gasteiger partial charge in [0.05, 0.1) is 32.8 Å². The average molecular weight is 491 g/mol. The molecule has 1 saturated heterocycles. The van der Waals surface area contributed by atoms with E-state index in [-0.39, 0.29) is 48.6 Å². The predicted octanol–water partition coefficient (Wildman–Crippen LogP) is 3.93. The molecule has 36 heavy (non-hydrogen) atoms. The van der Waals surface area contributed by atoms with Crippen LogP contribution in [0.15, 0.2) is 48.5 Å². The van der Waals surface area contributed by atoms with E-state index in [4.69, 9.17) is 23.7 Å². The Hall–Kier alpha value is -4.27. The fourth-order valence-corrected chi connectivity index (χ4v) is 5.56. The first-order valence-electron chi connectivity index (χ1n) is 11.6. The van der Waals surface area contributed by atoms with Crippen molar-refractivity contribution in [3.63, 3.8) is 0 Å². The minimum atomic E-state index is -0.540. The third kappa shape index (κ3) is 3.42. The number of benzene rings is 3. The van der Waals surface area contributed by atoms with Gasteiger partial charge < -0.3 is 39.2 Å². The third-order valence-electron chi connectivity index (χ3n) is 7.26. The van der Waals surface area contributed by atoms with Crippen molar-refractivity contribution in [2.24, 2.45) is 11.8 Å². The van der Waals surface area contributed by atoms with Crippen LogP contribution in [-0.4, -0.2) is 43.8 Å². The summed E-state index contributed by atoms with van der Waals surface area (Å²) in [7, 11) is 3.03. The van der Waals surface area contributed by atoms with Crippen LogP contribution in [0, 0.1) is 11.8 Å². The highest BCUT2D eigenvalue weighted by Gasteiger charge is 2.52. The molecule has 0 bridgehead atoms. The molecule has 0 saturated carbocycles. The zero-order valence-electron chi connectivity index (χ0n) is 19.7. The van der Waals surface area contributed by atoms with Crippen molar-refractivity contribution in [1.82, 2.24) is 0 Å². The second-order valence-corrected chi connectivity index (χ2v) is 9.07. The molecule has 9 nitrogen and oxygen atoms in total. The zero-order chi connectivity index (χ0) is 25.0. The van der Waals surface area contributed by atoms with Gasteiger partial charge in [0.1, 0.15) is 5.75 Å². The number of cyclic esters (lactones) is 1. The molecule has 6 rings (SSSR count). The second kappa shape index (κ2) is 8.44. The monoisotopic (exact) mass is 491 g/mol. The quantitative estimate of drug-likeness (QED) is 0.361. The fraction of sp³-hybridized carbons (Fsp3) is 0.296. The van der Waals surface area contributed by atoms with Gasteiger partial charge in [-0.15, -0.1) is 0 Å². The first-order chi connectivity index (χ1) is 17.5. The van der Waals surface area contributed by atoms with E-state index in [9.17, 15) is 15.0 Å². The summed E-state index contributed by atoms with van der Waals surface area (Å²) < 4.78 is 27.5. The molecule has 1 fully saturated rings. The van der Waals surface area contributed by atoms with Gasteiger partial charge in [0.2, 0.25) is 12.5 Å². The molecule has 0 unspecified atom stereocenters. The van der Waals surface area contributed by atoms with Gasteiger partial charge >= 0.3 is 5.97 Å². The van der Waals surface area contributed by atoms with Gasteiger partial charge in [0.25, 0.3) is 0 Å². The number of methoxy groups -OCH3 is 2. The molecular formula is C27H25NO8. The van der Waals surface area contributed by atoms with Crippen LogP contribution in [0.4, 0.5) is 5.69 Å². The van der Waals surface area contributed by atoms with Crippen LogP contribution in [0.1, 0.15) is 28.7 Å². The van der Waals surface area contributed by atoms with E-state index in [1.165, 1.54) is 13.2 Å². The number of nitrogens with one attached hydrogen (secondary N) is 1. The summed E-state index contributed by atoms with van der Waals surface area (Å²) >= 11 is 0. The van der Waals surface area contributed by atoms with Crippen LogP contribution in [0.2, 0.25) is 0 Å². The van der Waals surface area contributed by atoms with Gasteiger partial charge in [-0.3, -0.25) is 4.79 Å². The van der Waals surface area contributed by atoms with Crippen molar-refractivity contribution in [3.8, 4) is 34.5 Å². The maximum atomic E-state index is 13.2. The zero-order valence-corrected chi connectivity index (χ0v) is 19.7. The van der Waals surface area contributed by atoms with Crippen molar-refractivity contribution in [2.75, 3.05) is 32.9 Å². The first kappa shape index (κ1) is 22.2. The van der Waals surface area contributed by atoms with Gasteiger partial charge in [-0.1, -0.05) is 0 Å². The number of phenols is 2. The van der Waals surface area contributed by atoms with E-state index >= 15 is 0 Å². The van der Waals surface area contributed by atoms with Crippen LogP contribution in [0.3, 0.4) is 0 Å². The van der Waals surface area contributed by atoms with Gasteiger partial charge in [-0.25, -0.2) is 0 Å². The van der Waals surface area contributed by atoms with E-state index in [0.29, 0.717) is 17.1 Å². The van der Waals surface area contributed by atoms with E-state index in [2.05, 4.69) is 5.32 Å². The van der Waals surface area contributed by atoms with Crippen LogP contribution in [0.5, 0.6) is 34.5 Å². The Labute approximate surface area is 207 Å². The van der Waals surface area contributed by atoms with E-state index in [1.807, 2.05) is 36.4 Å². The molecule has 9 heteroatoms. The standard InChI is InChI=1S/C27H25NO8/c1-32-15-5-3-14(4-6-15)28-25-17-10-21-20(35-12-36-21)9-16(17)23(24-18(25)11-34-27(24)31)13-7-19(29)26(30)22(8-13)33-2/h3-10,18,23-25,28-30H,11-12H2,1-2H3/t18-,23+,24-,25-/m0/s1. The lowest BCUT2D eigenvalue weighted by Gasteiger charge is -2.40. The SMILES string of the molecule is COc1ccc(N[C@H]2c3cc4c(cc3[C@@H](c3cc(O)c(O)c(OC)c3)[C@H]3C(=O)OC[C@@H]32)OCO4)cc1. The molecular weight excluding hydrogens is 466 g/mol. The predicted molar refractivity (Wildman–Crippen MR) is 128 cm³/mol. The second-order valence-electron chi connectivity index (χ2n) is 9.07. The topological polar surface area (TPSA) is 116 Å². The minimum absolute atomic E-state index is 0.113. The molecule has 186 valence electrons. The summed E-state index contributed by atoms with van der Waals surface area (Å²) in [5.74, 6) is -0.141. The molecule has 3 aromatic carbocycles. The Balaban J connectivity index is 1.52. The summed E-state index contributed by atoms with van der Waals surface area (Å²) in [6, 6.07) is 14.3. The maximum absolute atomic E-state index is 13.2. The number of aromatic hydroxyl groups is 2. The Kier molecular flexibility index (Phi) is 5.21. The van der Waals surface area contributed by atoms with Crippen LogP contribution in [-0.2, 0) is 9.53 Å². The number of carbonyl (C=O) groups excluding carboxylic acids is 1. The van der Waals surface area contributed by atoms with Crippen LogP contribution in [0.25, 0.3) is 0 Å². The molecule has 3 N–H and O–H groups in total. The summed E-state index contributed by atoms with van der Waals surface area (Å²) in [6.07, 6.45) is 0. The van der Waals surface area contributed by atoms with Crippen LogP contribution >= 0.6 is 0 Å². The fourth-order valence-electron chi connectivity index (χ4n) is 5.56. The number of hydrogen-bond donors (Lipinski definition) is 3. The van der Waals surface area contributed by atoms with Gasteiger partial charge in [0.15, 0.2) is 23.0 Å². The largest absolute Gasteiger partial charge is 0.504 e. The Morgan fingerprint density at radius 1 is 0.917 bits per heavy atom. The lowest BCUT2D eigenvalue weighted by Crippen LogP contribution is -2.37. The molecule has 2 heterocycles. The molecule has 4 atom stereocenters. The van der Waals surface area contributed by atoms with E-state index < -0.39 is 11.8 Å². The number of carbonyl (C=O) groups is 1. The minimum Gasteiger partial charge on any atom is -0.504 e. The van der Waals surface area contributed by atoms with Crippen LogP contribution < -0.4 is 24.3 Å². The smallest absolute Gasteiger partial charge is 0.310 e. The number of hydrogen-bond acceptors (Lipinski definition) is 9. The number of ether oxygens (including phenoxy) is 5. The third-order valence-corrected chi connectivity index (χ3v) is 7.26. The summed E-state index contributed by atoms with van der Waals surface area (Å²) in [4.78, 5) is 13.2. The summed E-state index contributed by atoms with van der Waals surface area (Å²) in [6.45, 7) is 0.352. The lowest BCUT2D eigenvalue weighted by molar-refractivity contribution is -0.141. The van der Waals surface area contributed by atoms with E-state index in [0.717, 1.165) is 22.6 Å². The highest BCUT2D eigenvalue weighted by Crippen LogP contribution is 2.56. The van der Waals surface area contributed by atoms with Crippen molar-refractivity contribution in [1.29, 1.82) is 0 Å². The Bertz CT molecular complexity index is 1340. The summed E-state index contributed by atoms with van der Waals surface area (Å²) in [5.41, 5.74) is 3.27. The lowest BCUT2D eigenvalue weighted by atomic mass is 9.65. The molecule has 3 aliphatic rings. The molecule has 0 radical (unpaired) electrons. The number of fused-ring (bicyclic) bond motifs is 3. The number of rotatable bonds is 5. The first-order valence-corrected chi connectivity index (χ1v) is 11.6. The van der Waals surface area contributed by atoms with Crippen molar-refractivity contribution >= 4 is 11.7 Å². The average Bonchev–Trinajstić information content (AvgIpc) is 3.51. The maximum Gasteiger partial charge on any atom is 0.310 e. The molecule has 3 aromatic rings.